The molecule has 1 N–H and O–H groups in total. The Morgan fingerprint density at radius 1 is 1.30 bits per heavy atom. The summed E-state index contributed by atoms with van der Waals surface area (Å²) >= 11 is 3.39. The molecule has 0 aliphatic heterocycles. The maximum atomic E-state index is 12.8. The maximum Gasteiger partial charge on any atom is 0.271 e. The summed E-state index contributed by atoms with van der Waals surface area (Å²) in [7, 11) is 0. The van der Waals surface area contributed by atoms with Crippen molar-refractivity contribution < 1.29 is 13.9 Å². The van der Waals surface area contributed by atoms with Crippen LogP contribution in [0.3, 0.4) is 0 Å². The first-order chi connectivity index (χ1) is 11.1. The van der Waals surface area contributed by atoms with Crippen molar-refractivity contribution in [1.29, 1.82) is 0 Å². The number of hydrogen-bond acceptors (Lipinski definition) is 3. The van der Waals surface area contributed by atoms with Crippen LogP contribution in [0.1, 0.15) is 29.3 Å². The summed E-state index contributed by atoms with van der Waals surface area (Å²) in [5.74, 6) is -0.112. The summed E-state index contributed by atoms with van der Waals surface area (Å²) in [6, 6.07) is 10.8. The smallest absolute Gasteiger partial charge is 0.271 e. The average Bonchev–Trinajstić information content (AvgIpc) is 2.54. The predicted molar refractivity (Wildman–Crippen MR) is 91.4 cm³/mol. The first kappa shape index (κ1) is 17.1. The van der Waals surface area contributed by atoms with E-state index in [1.165, 1.54) is 30.5 Å². The lowest BCUT2D eigenvalue weighted by atomic mass is 10.2. The molecule has 2 aromatic carbocycles. The second kappa shape index (κ2) is 8.43. The van der Waals surface area contributed by atoms with Gasteiger partial charge in [0.2, 0.25) is 0 Å². The topological polar surface area (TPSA) is 50.7 Å². The van der Waals surface area contributed by atoms with Gasteiger partial charge in [0.1, 0.15) is 11.6 Å². The van der Waals surface area contributed by atoms with Crippen LogP contribution in [0.2, 0.25) is 0 Å². The number of carbonyl (C=O) groups is 1. The SMILES string of the molecule is CCCOc1ccc(Br)cc1/C=N/NC(=O)c1ccc(F)cc1. The zero-order chi connectivity index (χ0) is 16.7. The number of hydrazone groups is 1. The van der Waals surface area contributed by atoms with Gasteiger partial charge in [-0.1, -0.05) is 22.9 Å². The summed E-state index contributed by atoms with van der Waals surface area (Å²) in [6.07, 6.45) is 2.41. The Morgan fingerprint density at radius 3 is 2.74 bits per heavy atom. The summed E-state index contributed by atoms with van der Waals surface area (Å²) in [6.45, 7) is 2.62. The molecule has 120 valence electrons. The number of halogens is 2. The maximum absolute atomic E-state index is 12.8. The molecule has 0 aliphatic rings. The number of ether oxygens (including phenoxy) is 1. The van der Waals surface area contributed by atoms with Crippen LogP contribution in [0.25, 0.3) is 0 Å². The van der Waals surface area contributed by atoms with E-state index in [1.807, 2.05) is 25.1 Å². The van der Waals surface area contributed by atoms with Gasteiger partial charge in [-0.2, -0.15) is 5.10 Å². The molecular formula is C17H16BrFN2O2. The first-order valence-electron chi connectivity index (χ1n) is 7.11. The Labute approximate surface area is 142 Å². The van der Waals surface area contributed by atoms with E-state index in [0.29, 0.717) is 17.9 Å². The van der Waals surface area contributed by atoms with Gasteiger partial charge in [0, 0.05) is 15.6 Å². The molecule has 1 amide bonds. The summed E-state index contributed by atoms with van der Waals surface area (Å²) in [5, 5.41) is 3.93. The Hall–Kier alpha value is -2.21. The monoisotopic (exact) mass is 378 g/mol. The number of nitrogens with one attached hydrogen (secondary N) is 1. The number of amides is 1. The van der Waals surface area contributed by atoms with E-state index in [0.717, 1.165) is 16.5 Å². The third kappa shape index (κ3) is 5.17. The van der Waals surface area contributed by atoms with Crippen LogP contribution in [0, 0.1) is 5.82 Å². The largest absolute Gasteiger partial charge is 0.493 e. The average molecular weight is 379 g/mol. The van der Waals surface area contributed by atoms with Crippen molar-refractivity contribution in [3.05, 3.63) is 63.9 Å². The fraction of sp³-hybridized carbons (Fsp3) is 0.176. The lowest BCUT2D eigenvalue weighted by molar-refractivity contribution is 0.0955. The Bertz CT molecular complexity index is 702. The second-order valence-corrected chi connectivity index (χ2v) is 5.65. The van der Waals surface area contributed by atoms with Crippen LogP contribution < -0.4 is 10.2 Å². The zero-order valence-corrected chi connectivity index (χ0v) is 14.1. The molecule has 0 spiro atoms. The third-order valence-corrected chi connectivity index (χ3v) is 3.40. The van der Waals surface area contributed by atoms with Crippen LogP contribution in [0.15, 0.2) is 52.0 Å². The van der Waals surface area contributed by atoms with Crippen molar-refractivity contribution in [1.82, 2.24) is 5.43 Å². The summed E-state index contributed by atoms with van der Waals surface area (Å²) < 4.78 is 19.3. The third-order valence-electron chi connectivity index (χ3n) is 2.91. The number of benzene rings is 2. The molecular weight excluding hydrogens is 363 g/mol. The molecule has 0 aromatic heterocycles. The molecule has 0 unspecified atom stereocenters. The van der Waals surface area contributed by atoms with Gasteiger partial charge in [-0.3, -0.25) is 4.79 Å². The molecule has 6 heteroatoms. The van der Waals surface area contributed by atoms with Crippen molar-refractivity contribution in [2.75, 3.05) is 6.61 Å². The van der Waals surface area contributed by atoms with Crippen LogP contribution in [-0.4, -0.2) is 18.7 Å². The number of carbonyl (C=O) groups excluding carboxylic acids is 1. The van der Waals surface area contributed by atoms with E-state index >= 15 is 0 Å². The van der Waals surface area contributed by atoms with Crippen molar-refractivity contribution in [3.63, 3.8) is 0 Å². The van der Waals surface area contributed by atoms with E-state index in [9.17, 15) is 9.18 Å². The second-order valence-electron chi connectivity index (χ2n) is 4.74. The molecule has 0 bridgehead atoms. The van der Waals surface area contributed by atoms with E-state index in [1.54, 1.807) is 0 Å². The van der Waals surface area contributed by atoms with E-state index in [4.69, 9.17) is 4.74 Å². The minimum absolute atomic E-state index is 0.334. The Balaban J connectivity index is 2.06. The quantitative estimate of drug-likeness (QED) is 0.606. The minimum atomic E-state index is -0.410. The summed E-state index contributed by atoms with van der Waals surface area (Å²) in [4.78, 5) is 11.9. The van der Waals surface area contributed by atoms with E-state index in [-0.39, 0.29) is 0 Å². The molecule has 0 heterocycles. The molecule has 4 nitrogen and oxygen atoms in total. The Kier molecular flexibility index (Phi) is 6.29. The van der Waals surface area contributed by atoms with Gasteiger partial charge in [0.05, 0.1) is 12.8 Å². The highest BCUT2D eigenvalue weighted by Gasteiger charge is 2.05. The van der Waals surface area contributed by atoms with Gasteiger partial charge in [0.15, 0.2) is 0 Å². The molecule has 0 radical (unpaired) electrons. The highest BCUT2D eigenvalue weighted by molar-refractivity contribution is 9.10. The van der Waals surface area contributed by atoms with E-state index in [2.05, 4.69) is 26.5 Å². The van der Waals surface area contributed by atoms with Crippen molar-refractivity contribution in [3.8, 4) is 5.75 Å². The van der Waals surface area contributed by atoms with Crippen LogP contribution >= 0.6 is 15.9 Å². The lowest BCUT2D eigenvalue weighted by Gasteiger charge is -2.08. The standard InChI is InChI=1S/C17H16BrFN2O2/c1-2-9-23-16-8-5-14(18)10-13(16)11-20-21-17(22)12-3-6-15(19)7-4-12/h3-8,10-11H,2,9H2,1H3,(H,21,22)/b20-11+. The lowest BCUT2D eigenvalue weighted by Crippen LogP contribution is -2.17. The number of nitrogens with zero attached hydrogens (tertiary/aromatic N) is 1. The predicted octanol–water partition coefficient (Wildman–Crippen LogP) is 4.14. The molecule has 0 saturated heterocycles. The highest BCUT2D eigenvalue weighted by atomic mass is 79.9. The van der Waals surface area contributed by atoms with Gasteiger partial charge >= 0.3 is 0 Å². The van der Waals surface area contributed by atoms with Crippen molar-refractivity contribution >= 4 is 28.1 Å². The van der Waals surface area contributed by atoms with Gasteiger partial charge in [-0.05, 0) is 48.9 Å². The van der Waals surface area contributed by atoms with Crippen molar-refractivity contribution in [2.45, 2.75) is 13.3 Å². The summed E-state index contributed by atoms with van der Waals surface area (Å²) in [5.41, 5.74) is 3.48. The molecule has 2 aromatic rings. The fourth-order valence-corrected chi connectivity index (χ4v) is 2.17. The van der Waals surface area contributed by atoms with Crippen LogP contribution in [0.5, 0.6) is 5.75 Å². The Morgan fingerprint density at radius 2 is 2.04 bits per heavy atom. The molecule has 2 rings (SSSR count). The molecule has 0 fully saturated rings. The van der Waals surface area contributed by atoms with Crippen molar-refractivity contribution in [2.24, 2.45) is 5.10 Å². The minimum Gasteiger partial charge on any atom is -0.493 e. The van der Waals surface area contributed by atoms with Gasteiger partial charge < -0.3 is 4.74 Å². The van der Waals surface area contributed by atoms with Crippen LogP contribution in [-0.2, 0) is 0 Å². The normalized spacial score (nSPS) is 10.7. The molecule has 23 heavy (non-hydrogen) atoms. The number of rotatable bonds is 6. The van der Waals surface area contributed by atoms with Gasteiger partial charge in [0.25, 0.3) is 5.91 Å². The number of hydrogen-bond donors (Lipinski definition) is 1. The zero-order valence-electron chi connectivity index (χ0n) is 12.6. The molecule has 0 saturated carbocycles. The van der Waals surface area contributed by atoms with Gasteiger partial charge in [-0.25, -0.2) is 9.82 Å². The fourth-order valence-electron chi connectivity index (χ4n) is 1.79. The van der Waals surface area contributed by atoms with Crippen LogP contribution in [0.4, 0.5) is 4.39 Å². The molecule has 0 atom stereocenters. The van der Waals surface area contributed by atoms with E-state index < -0.39 is 11.7 Å². The highest BCUT2D eigenvalue weighted by Crippen LogP contribution is 2.22. The first-order valence-corrected chi connectivity index (χ1v) is 7.90. The van der Waals surface area contributed by atoms with Gasteiger partial charge in [-0.15, -0.1) is 0 Å². The molecule has 0 aliphatic carbocycles.